The lowest BCUT2D eigenvalue weighted by atomic mass is 9.97. The van der Waals surface area contributed by atoms with Crippen molar-refractivity contribution in [2.24, 2.45) is 5.92 Å². The number of carbonyl (C=O) groups excluding carboxylic acids is 3. The fraction of sp³-hybridized carbons (Fsp3) is 0.727. The van der Waals surface area contributed by atoms with E-state index in [9.17, 15) is 14.4 Å². The van der Waals surface area contributed by atoms with Gasteiger partial charge in [-0.1, -0.05) is 26.2 Å². The Morgan fingerprint density at radius 3 is 1.94 bits per heavy atom. The molecule has 16 heavy (non-hydrogen) atoms. The smallest absolute Gasteiger partial charge is 0.273 e. The fourth-order valence-corrected chi connectivity index (χ4v) is 1.83. The maximum absolute atomic E-state index is 11.7. The maximum atomic E-state index is 11.7. The van der Waals surface area contributed by atoms with Crippen LogP contribution in [0.2, 0.25) is 0 Å². The molecule has 1 fully saturated rings. The van der Waals surface area contributed by atoms with Crippen molar-refractivity contribution < 1.29 is 14.4 Å². The van der Waals surface area contributed by atoms with Crippen LogP contribution in [0.25, 0.3) is 0 Å². The summed E-state index contributed by atoms with van der Waals surface area (Å²) in [7, 11) is 2.83. The van der Waals surface area contributed by atoms with E-state index < -0.39 is 11.9 Å². The summed E-state index contributed by atoms with van der Waals surface area (Å²) in [6.45, 7) is 2.06. The van der Waals surface area contributed by atoms with Gasteiger partial charge in [0.05, 0.1) is 0 Å². The Hall–Kier alpha value is -1.39. The third-order valence-electron chi connectivity index (χ3n) is 2.93. The lowest BCUT2D eigenvalue weighted by Crippen LogP contribution is -2.56. The molecule has 0 aromatic rings. The molecule has 0 atom stereocenters. The summed E-state index contributed by atoms with van der Waals surface area (Å²) < 4.78 is 0. The number of imide groups is 2. The number of rotatable bonds is 4. The zero-order chi connectivity index (χ0) is 12.3. The molecule has 0 radical (unpaired) electrons. The molecule has 1 aliphatic rings. The van der Waals surface area contributed by atoms with Gasteiger partial charge in [-0.3, -0.25) is 19.4 Å². The quantitative estimate of drug-likeness (QED) is 0.535. The highest BCUT2D eigenvalue weighted by Gasteiger charge is 2.41. The molecule has 0 aromatic carbocycles. The molecule has 1 saturated heterocycles. The number of nitrogens with zero attached hydrogens (tertiary/aromatic N) is 2. The summed E-state index contributed by atoms with van der Waals surface area (Å²) in [5, 5.41) is 0. The average Bonchev–Trinajstić information content (AvgIpc) is 2.28. The van der Waals surface area contributed by atoms with Gasteiger partial charge in [-0.2, -0.15) is 0 Å². The van der Waals surface area contributed by atoms with E-state index in [2.05, 4.69) is 6.92 Å². The van der Waals surface area contributed by atoms with E-state index in [1.54, 1.807) is 0 Å². The van der Waals surface area contributed by atoms with Crippen molar-refractivity contribution >= 4 is 17.8 Å². The van der Waals surface area contributed by atoms with Crippen LogP contribution in [0.15, 0.2) is 0 Å². The highest BCUT2D eigenvalue weighted by molar-refractivity contribution is 6.15. The molecule has 90 valence electrons. The number of barbiturate groups is 1. The summed E-state index contributed by atoms with van der Waals surface area (Å²) in [5.74, 6) is -1.41. The van der Waals surface area contributed by atoms with Crippen LogP contribution in [-0.2, 0) is 9.59 Å². The first-order valence-corrected chi connectivity index (χ1v) is 5.59. The van der Waals surface area contributed by atoms with Gasteiger partial charge in [-0.25, -0.2) is 4.79 Å². The molecular weight excluding hydrogens is 208 g/mol. The van der Waals surface area contributed by atoms with Crippen LogP contribution in [-0.4, -0.2) is 41.7 Å². The lowest BCUT2D eigenvalue weighted by molar-refractivity contribution is -0.147. The second-order valence-electron chi connectivity index (χ2n) is 4.13. The Balaban J connectivity index is 2.71. The Morgan fingerprint density at radius 2 is 1.50 bits per heavy atom. The van der Waals surface area contributed by atoms with Crippen molar-refractivity contribution in [2.45, 2.75) is 32.6 Å². The number of hydrogen-bond acceptors (Lipinski definition) is 3. The van der Waals surface area contributed by atoms with Crippen LogP contribution >= 0.6 is 0 Å². The van der Waals surface area contributed by atoms with Crippen LogP contribution in [0.3, 0.4) is 0 Å². The third kappa shape index (κ3) is 2.23. The van der Waals surface area contributed by atoms with Crippen LogP contribution in [0, 0.1) is 5.92 Å². The molecule has 0 spiro atoms. The second kappa shape index (κ2) is 5.09. The van der Waals surface area contributed by atoms with E-state index in [1.165, 1.54) is 14.1 Å². The summed E-state index contributed by atoms with van der Waals surface area (Å²) in [6.07, 6.45) is 3.42. The van der Waals surface area contributed by atoms with E-state index in [0.717, 1.165) is 29.1 Å². The van der Waals surface area contributed by atoms with Crippen molar-refractivity contribution in [3.63, 3.8) is 0 Å². The van der Waals surface area contributed by atoms with Crippen LogP contribution in [0.4, 0.5) is 4.79 Å². The normalized spacial score (nSPS) is 18.6. The highest BCUT2D eigenvalue weighted by atomic mass is 16.2. The van der Waals surface area contributed by atoms with Gasteiger partial charge in [-0.05, 0) is 6.42 Å². The number of carbonyl (C=O) groups is 3. The number of urea groups is 1. The van der Waals surface area contributed by atoms with Gasteiger partial charge in [0.15, 0.2) is 0 Å². The van der Waals surface area contributed by atoms with E-state index >= 15 is 0 Å². The maximum Gasteiger partial charge on any atom is 0.332 e. The molecule has 1 heterocycles. The zero-order valence-electron chi connectivity index (χ0n) is 10.0. The SMILES string of the molecule is CCCCCC1C(=O)N(C)C(=O)N(C)C1=O. The number of hydrogen-bond donors (Lipinski definition) is 0. The number of unbranched alkanes of at least 4 members (excludes halogenated alkanes) is 2. The Labute approximate surface area is 95.4 Å². The number of amides is 4. The van der Waals surface area contributed by atoms with Gasteiger partial charge < -0.3 is 0 Å². The van der Waals surface area contributed by atoms with E-state index in [0.29, 0.717) is 6.42 Å². The minimum Gasteiger partial charge on any atom is -0.273 e. The first-order valence-electron chi connectivity index (χ1n) is 5.59. The van der Waals surface area contributed by atoms with E-state index in [-0.39, 0.29) is 11.8 Å². The molecule has 1 aliphatic heterocycles. The zero-order valence-corrected chi connectivity index (χ0v) is 10.0. The molecular formula is C11H18N2O3. The standard InChI is InChI=1S/C11H18N2O3/c1-4-5-6-7-8-9(14)12(2)11(16)13(3)10(8)15/h8H,4-7H2,1-3H3. The predicted molar refractivity (Wildman–Crippen MR) is 58.6 cm³/mol. The van der Waals surface area contributed by atoms with E-state index in [1.807, 2.05) is 0 Å². The first kappa shape index (κ1) is 12.7. The molecule has 0 bridgehead atoms. The molecule has 0 unspecified atom stereocenters. The Kier molecular flexibility index (Phi) is 4.04. The molecule has 0 saturated carbocycles. The third-order valence-corrected chi connectivity index (χ3v) is 2.93. The fourth-order valence-electron chi connectivity index (χ4n) is 1.83. The molecule has 0 aliphatic carbocycles. The molecule has 0 N–H and O–H groups in total. The lowest BCUT2D eigenvalue weighted by Gasteiger charge is -2.32. The summed E-state index contributed by atoms with van der Waals surface area (Å²) >= 11 is 0. The van der Waals surface area contributed by atoms with Gasteiger partial charge in [-0.15, -0.1) is 0 Å². The van der Waals surface area contributed by atoms with Gasteiger partial charge in [0, 0.05) is 14.1 Å². The van der Waals surface area contributed by atoms with E-state index in [4.69, 9.17) is 0 Å². The molecule has 1 rings (SSSR count). The molecule has 4 amide bonds. The van der Waals surface area contributed by atoms with Crippen molar-refractivity contribution in [1.29, 1.82) is 0 Å². The topological polar surface area (TPSA) is 57.7 Å². The molecule has 0 aromatic heterocycles. The predicted octanol–water partition coefficient (Wildman–Crippen LogP) is 1.23. The largest absolute Gasteiger partial charge is 0.332 e. The highest BCUT2D eigenvalue weighted by Crippen LogP contribution is 2.20. The van der Waals surface area contributed by atoms with Crippen molar-refractivity contribution in [3.05, 3.63) is 0 Å². The summed E-state index contributed by atoms with van der Waals surface area (Å²) in [5.41, 5.74) is 0. The minimum absolute atomic E-state index is 0.371. The molecule has 5 nitrogen and oxygen atoms in total. The summed E-state index contributed by atoms with van der Waals surface area (Å²) in [6, 6.07) is -0.540. The van der Waals surface area contributed by atoms with Crippen molar-refractivity contribution in [1.82, 2.24) is 9.80 Å². The van der Waals surface area contributed by atoms with Gasteiger partial charge in [0.25, 0.3) is 0 Å². The van der Waals surface area contributed by atoms with Crippen LogP contribution in [0.1, 0.15) is 32.6 Å². The van der Waals surface area contributed by atoms with Gasteiger partial charge >= 0.3 is 6.03 Å². The van der Waals surface area contributed by atoms with Crippen molar-refractivity contribution in [2.75, 3.05) is 14.1 Å². The van der Waals surface area contributed by atoms with Crippen molar-refractivity contribution in [3.8, 4) is 0 Å². The van der Waals surface area contributed by atoms with Gasteiger partial charge in [0.1, 0.15) is 5.92 Å². The summed E-state index contributed by atoms with van der Waals surface area (Å²) in [4.78, 5) is 37.0. The van der Waals surface area contributed by atoms with Crippen LogP contribution < -0.4 is 0 Å². The van der Waals surface area contributed by atoms with Gasteiger partial charge in [0.2, 0.25) is 11.8 Å². The Morgan fingerprint density at radius 1 is 1.00 bits per heavy atom. The second-order valence-corrected chi connectivity index (χ2v) is 4.13. The molecule has 5 heteroatoms. The minimum atomic E-state index is -0.667. The van der Waals surface area contributed by atoms with Crippen LogP contribution in [0.5, 0.6) is 0 Å². The monoisotopic (exact) mass is 226 g/mol. The Bertz CT molecular complexity index is 290. The first-order chi connectivity index (χ1) is 7.50. The average molecular weight is 226 g/mol.